The van der Waals surface area contributed by atoms with Crippen molar-refractivity contribution in [2.75, 3.05) is 0 Å². The lowest BCUT2D eigenvalue weighted by molar-refractivity contribution is 0.408. The number of aromatic amines is 2. The zero-order chi connectivity index (χ0) is 27.8. The van der Waals surface area contributed by atoms with Gasteiger partial charge in [0.1, 0.15) is 11.6 Å². The van der Waals surface area contributed by atoms with Crippen molar-refractivity contribution >= 4 is 0 Å². The smallest absolute Gasteiger partial charge is 0.335 e. The number of halogens is 2. The molecule has 196 valence electrons. The van der Waals surface area contributed by atoms with E-state index < -0.39 is 74.3 Å². The van der Waals surface area contributed by atoms with Crippen LogP contribution < -0.4 is 22.5 Å². The van der Waals surface area contributed by atoms with E-state index in [1.807, 2.05) is 9.97 Å². The van der Waals surface area contributed by atoms with Crippen LogP contribution in [0.4, 0.5) is 8.78 Å². The SMILES string of the molecule is O=c1[nH]c(=O)n(-c2ccccc2F)c(O)c1C(c1ccccn1)c1c(O)n(-c2ccccc2F)c(=O)[nH]c1=O. The number of rotatable bonds is 5. The van der Waals surface area contributed by atoms with Gasteiger partial charge in [-0.1, -0.05) is 30.3 Å². The number of pyridine rings is 1. The molecule has 0 atom stereocenters. The van der Waals surface area contributed by atoms with E-state index in [1.165, 1.54) is 48.7 Å². The highest BCUT2D eigenvalue weighted by Gasteiger charge is 2.34. The van der Waals surface area contributed by atoms with Gasteiger partial charge in [-0.2, -0.15) is 0 Å². The van der Waals surface area contributed by atoms with Crippen LogP contribution in [0.1, 0.15) is 22.7 Å². The quantitative estimate of drug-likeness (QED) is 0.267. The maximum absolute atomic E-state index is 14.6. The largest absolute Gasteiger partial charge is 0.494 e. The van der Waals surface area contributed by atoms with Gasteiger partial charge >= 0.3 is 11.4 Å². The zero-order valence-electron chi connectivity index (χ0n) is 19.6. The molecule has 0 fully saturated rings. The fourth-order valence-electron chi connectivity index (χ4n) is 4.30. The topological polar surface area (TPSA) is 163 Å². The van der Waals surface area contributed by atoms with Crippen molar-refractivity contribution in [2.45, 2.75) is 5.92 Å². The van der Waals surface area contributed by atoms with Crippen molar-refractivity contribution < 1.29 is 19.0 Å². The van der Waals surface area contributed by atoms with Gasteiger partial charge in [0.2, 0.25) is 11.8 Å². The Hall–Kier alpha value is -5.59. The summed E-state index contributed by atoms with van der Waals surface area (Å²) in [5.41, 5.74) is -7.07. The predicted molar refractivity (Wildman–Crippen MR) is 134 cm³/mol. The molecule has 0 bridgehead atoms. The summed E-state index contributed by atoms with van der Waals surface area (Å²) in [7, 11) is 0. The maximum Gasteiger partial charge on any atom is 0.335 e. The van der Waals surface area contributed by atoms with Gasteiger partial charge < -0.3 is 10.2 Å². The second-order valence-electron chi connectivity index (χ2n) is 8.25. The minimum atomic E-state index is -1.73. The Kier molecular flexibility index (Phi) is 6.24. The fourth-order valence-corrected chi connectivity index (χ4v) is 4.30. The van der Waals surface area contributed by atoms with Gasteiger partial charge in [-0.05, 0) is 36.4 Å². The molecule has 4 N–H and O–H groups in total. The van der Waals surface area contributed by atoms with Crippen LogP contribution in [0.3, 0.4) is 0 Å². The molecule has 13 heteroatoms. The molecule has 0 unspecified atom stereocenters. The summed E-state index contributed by atoms with van der Waals surface area (Å²) in [6, 6.07) is 14.1. The monoisotopic (exact) mass is 533 g/mol. The first-order valence-corrected chi connectivity index (χ1v) is 11.3. The lowest BCUT2D eigenvalue weighted by atomic mass is 9.90. The number of para-hydroxylation sites is 2. The number of H-pyrrole nitrogens is 2. The normalized spacial score (nSPS) is 11.2. The zero-order valence-corrected chi connectivity index (χ0v) is 19.6. The lowest BCUT2D eigenvalue weighted by Gasteiger charge is -2.21. The second-order valence-corrected chi connectivity index (χ2v) is 8.25. The Morgan fingerprint density at radius 2 is 1.10 bits per heavy atom. The summed E-state index contributed by atoms with van der Waals surface area (Å²) in [5, 5.41) is 22.4. The average Bonchev–Trinajstić information content (AvgIpc) is 2.90. The van der Waals surface area contributed by atoms with Crippen LogP contribution in [-0.4, -0.2) is 34.3 Å². The van der Waals surface area contributed by atoms with Crippen molar-refractivity contribution in [3.8, 4) is 23.1 Å². The molecule has 0 spiro atoms. The van der Waals surface area contributed by atoms with Crippen LogP contribution >= 0.6 is 0 Å². The first-order chi connectivity index (χ1) is 18.7. The van der Waals surface area contributed by atoms with E-state index in [0.29, 0.717) is 9.13 Å². The molecule has 39 heavy (non-hydrogen) atoms. The molecule has 0 amide bonds. The lowest BCUT2D eigenvalue weighted by Crippen LogP contribution is -2.37. The van der Waals surface area contributed by atoms with Gasteiger partial charge in [-0.3, -0.25) is 24.5 Å². The predicted octanol–water partition coefficient (Wildman–Crippen LogP) is 1.63. The van der Waals surface area contributed by atoms with E-state index in [1.54, 1.807) is 0 Å². The summed E-state index contributed by atoms with van der Waals surface area (Å²) in [4.78, 5) is 59.7. The van der Waals surface area contributed by atoms with E-state index in [2.05, 4.69) is 4.98 Å². The summed E-state index contributed by atoms with van der Waals surface area (Å²) in [5.74, 6) is -5.69. The Labute approximate surface area is 215 Å². The van der Waals surface area contributed by atoms with Gasteiger partial charge in [-0.25, -0.2) is 27.5 Å². The van der Waals surface area contributed by atoms with Crippen molar-refractivity contribution in [1.29, 1.82) is 0 Å². The van der Waals surface area contributed by atoms with E-state index in [4.69, 9.17) is 0 Å². The number of benzene rings is 2. The molecule has 0 aliphatic rings. The molecular weight excluding hydrogens is 516 g/mol. The molecule has 0 saturated heterocycles. The summed E-state index contributed by atoms with van der Waals surface area (Å²) in [6.07, 6.45) is 1.29. The highest BCUT2D eigenvalue weighted by atomic mass is 19.1. The van der Waals surface area contributed by atoms with Crippen LogP contribution in [0.15, 0.2) is 92.1 Å². The maximum atomic E-state index is 14.6. The van der Waals surface area contributed by atoms with E-state index >= 15 is 0 Å². The number of hydrogen-bond acceptors (Lipinski definition) is 7. The highest BCUT2D eigenvalue weighted by molar-refractivity contribution is 5.50. The molecular formula is C26H17F2N5O6. The number of aromatic hydroxyl groups is 2. The van der Waals surface area contributed by atoms with Crippen LogP contribution in [0.5, 0.6) is 11.8 Å². The summed E-state index contributed by atoms with van der Waals surface area (Å²) < 4.78 is 30.2. The number of aromatic nitrogens is 5. The third-order valence-corrected chi connectivity index (χ3v) is 5.99. The minimum absolute atomic E-state index is 0.0865. The van der Waals surface area contributed by atoms with Crippen molar-refractivity contribution in [3.05, 3.63) is 143 Å². The molecule has 0 radical (unpaired) electrons. The highest BCUT2D eigenvalue weighted by Crippen LogP contribution is 2.36. The molecule has 11 nitrogen and oxygen atoms in total. The number of nitrogens with one attached hydrogen (secondary N) is 2. The first-order valence-electron chi connectivity index (χ1n) is 11.3. The molecule has 3 heterocycles. The van der Waals surface area contributed by atoms with Gasteiger partial charge in [0.15, 0.2) is 0 Å². The third kappa shape index (κ3) is 4.21. The Balaban J connectivity index is 1.91. The van der Waals surface area contributed by atoms with Gasteiger partial charge in [0.25, 0.3) is 11.1 Å². The Bertz CT molecular complexity index is 1840. The molecule has 0 aliphatic carbocycles. The van der Waals surface area contributed by atoms with Gasteiger partial charge in [0.05, 0.1) is 34.1 Å². The summed E-state index contributed by atoms with van der Waals surface area (Å²) in [6.45, 7) is 0. The van der Waals surface area contributed by atoms with E-state index in [-0.39, 0.29) is 5.69 Å². The molecule has 0 aliphatic heterocycles. The average molecular weight is 533 g/mol. The Morgan fingerprint density at radius 3 is 1.51 bits per heavy atom. The number of hydrogen-bond donors (Lipinski definition) is 4. The van der Waals surface area contributed by atoms with E-state index in [0.717, 1.165) is 24.3 Å². The van der Waals surface area contributed by atoms with Crippen LogP contribution in [0, 0.1) is 11.6 Å². The Morgan fingerprint density at radius 1 is 0.667 bits per heavy atom. The van der Waals surface area contributed by atoms with Crippen LogP contribution in [-0.2, 0) is 0 Å². The molecule has 0 saturated carbocycles. The number of nitrogens with zero attached hydrogens (tertiary/aromatic N) is 3. The first kappa shape index (κ1) is 25.1. The van der Waals surface area contributed by atoms with Gasteiger partial charge in [-0.15, -0.1) is 0 Å². The van der Waals surface area contributed by atoms with Gasteiger partial charge in [0, 0.05) is 6.20 Å². The molecule has 2 aromatic carbocycles. The van der Waals surface area contributed by atoms with Crippen molar-refractivity contribution in [3.63, 3.8) is 0 Å². The summed E-state index contributed by atoms with van der Waals surface area (Å²) >= 11 is 0. The molecule has 3 aromatic heterocycles. The fraction of sp³-hybridized carbons (Fsp3) is 0.0385. The van der Waals surface area contributed by atoms with E-state index in [9.17, 15) is 38.2 Å². The van der Waals surface area contributed by atoms with Crippen molar-refractivity contribution in [2.24, 2.45) is 0 Å². The second kappa shape index (κ2) is 9.70. The molecule has 5 rings (SSSR count). The minimum Gasteiger partial charge on any atom is -0.494 e. The standard InChI is InChI=1S/C26H17F2N5O6/c27-13-7-1-3-10-16(13)32-23(36)19(21(34)30-25(32)38)18(15-9-5-6-12-29-15)20-22(35)31-26(39)33(24(20)37)17-11-4-2-8-14(17)28/h1-12,18,36-37H,(H,30,34,38)(H,31,35,39). The molecule has 5 aromatic rings. The van der Waals surface area contributed by atoms with Crippen LogP contribution in [0.25, 0.3) is 11.4 Å². The van der Waals surface area contributed by atoms with Crippen molar-refractivity contribution in [1.82, 2.24) is 24.1 Å². The van der Waals surface area contributed by atoms with Crippen LogP contribution in [0.2, 0.25) is 0 Å². The third-order valence-electron chi connectivity index (χ3n) is 5.99.